The van der Waals surface area contributed by atoms with Crippen molar-refractivity contribution in [3.8, 4) is 11.1 Å². The molecule has 1 aliphatic heterocycles. The zero-order valence-electron chi connectivity index (χ0n) is 22.0. The number of amides is 4. The second-order valence-corrected chi connectivity index (χ2v) is 11.0. The van der Waals surface area contributed by atoms with Crippen LogP contribution in [0.4, 0.5) is 9.18 Å². The monoisotopic (exact) mass is 529 g/mol. The molecule has 9 heteroatoms. The number of urea groups is 1. The van der Waals surface area contributed by atoms with Crippen molar-refractivity contribution in [1.29, 1.82) is 0 Å². The molecule has 3 aromatic rings. The molecule has 6 rings (SSSR count). The van der Waals surface area contributed by atoms with Gasteiger partial charge in [0, 0.05) is 31.4 Å². The van der Waals surface area contributed by atoms with Gasteiger partial charge in [-0.3, -0.25) is 19.2 Å². The average molecular weight is 530 g/mol. The molecule has 2 atom stereocenters. The van der Waals surface area contributed by atoms with Gasteiger partial charge in [0.25, 0.3) is 0 Å². The van der Waals surface area contributed by atoms with Crippen LogP contribution in [-0.4, -0.2) is 50.0 Å². The Hall–Kier alpha value is -4.01. The van der Waals surface area contributed by atoms with Gasteiger partial charge in [-0.2, -0.15) is 5.10 Å². The molecule has 0 unspecified atom stereocenters. The van der Waals surface area contributed by atoms with Crippen LogP contribution < -0.4 is 5.73 Å². The Bertz CT molecular complexity index is 1460. The first kappa shape index (κ1) is 25.3. The van der Waals surface area contributed by atoms with Gasteiger partial charge in [0.2, 0.25) is 11.8 Å². The molecule has 2 heterocycles. The van der Waals surface area contributed by atoms with Gasteiger partial charge >= 0.3 is 6.03 Å². The zero-order valence-corrected chi connectivity index (χ0v) is 22.0. The topological polar surface area (TPSA) is 102 Å². The van der Waals surface area contributed by atoms with Crippen LogP contribution in [0.3, 0.4) is 0 Å². The van der Waals surface area contributed by atoms with Gasteiger partial charge in [-0.1, -0.05) is 24.3 Å². The van der Waals surface area contributed by atoms with Crippen molar-refractivity contribution >= 4 is 17.8 Å². The van der Waals surface area contributed by atoms with E-state index in [2.05, 4.69) is 11.2 Å². The zero-order chi connectivity index (χ0) is 27.3. The molecule has 1 saturated carbocycles. The fourth-order valence-corrected chi connectivity index (χ4v) is 6.29. The minimum Gasteiger partial charge on any atom is -0.351 e. The molecule has 1 fully saturated rings. The standard InChI is InChI=1S/C30H32FN5O3/c1-34-15-23(14-33-34)19-5-9-25-21(12-19)6-10-26(25)29(38)36(30(32)39)17-28(37)35-16-22-4-8-24(31)13-20(22)7-11-27(35)18-2-3-18/h4-5,8-9,12-15,18,26-27H,2-3,6-7,10-11,16-17H2,1H3,(H2,32,39)/t26-,27+/m0/s1. The minimum absolute atomic E-state index is 0.00380. The average Bonchev–Trinajstić information content (AvgIpc) is 3.57. The smallest absolute Gasteiger partial charge is 0.321 e. The van der Waals surface area contributed by atoms with Crippen molar-refractivity contribution < 1.29 is 18.8 Å². The Kier molecular flexibility index (Phi) is 6.45. The van der Waals surface area contributed by atoms with Crippen LogP contribution in [-0.2, 0) is 36.0 Å². The molecular weight excluding hydrogens is 497 g/mol. The highest BCUT2D eigenvalue weighted by molar-refractivity contribution is 6.01. The van der Waals surface area contributed by atoms with Crippen molar-refractivity contribution in [3.05, 3.63) is 76.9 Å². The van der Waals surface area contributed by atoms with Gasteiger partial charge in [0.1, 0.15) is 12.4 Å². The van der Waals surface area contributed by atoms with Gasteiger partial charge < -0.3 is 10.6 Å². The van der Waals surface area contributed by atoms with Crippen LogP contribution in [0.15, 0.2) is 48.8 Å². The number of aromatic nitrogens is 2. The van der Waals surface area contributed by atoms with Crippen LogP contribution in [0, 0.1) is 11.7 Å². The maximum atomic E-state index is 13.9. The number of aryl methyl sites for hydroxylation is 3. The fraction of sp³-hybridized carbons (Fsp3) is 0.400. The van der Waals surface area contributed by atoms with Crippen LogP contribution in [0.25, 0.3) is 11.1 Å². The molecule has 0 saturated heterocycles. The molecule has 202 valence electrons. The quantitative estimate of drug-likeness (QED) is 0.541. The molecular formula is C30H32FN5O3. The van der Waals surface area contributed by atoms with E-state index in [1.165, 1.54) is 6.07 Å². The lowest BCUT2D eigenvalue weighted by molar-refractivity contribution is -0.141. The molecule has 39 heavy (non-hydrogen) atoms. The van der Waals surface area contributed by atoms with Gasteiger partial charge in [0.15, 0.2) is 0 Å². The summed E-state index contributed by atoms with van der Waals surface area (Å²) in [6.45, 7) is -0.0622. The van der Waals surface area contributed by atoms with E-state index in [0.717, 1.165) is 57.5 Å². The predicted molar refractivity (Wildman–Crippen MR) is 143 cm³/mol. The van der Waals surface area contributed by atoms with Crippen LogP contribution in [0.1, 0.15) is 53.9 Å². The van der Waals surface area contributed by atoms with E-state index in [1.807, 2.05) is 25.4 Å². The van der Waals surface area contributed by atoms with Gasteiger partial charge in [-0.25, -0.2) is 9.18 Å². The number of fused-ring (bicyclic) bond motifs is 2. The van der Waals surface area contributed by atoms with E-state index in [1.54, 1.807) is 27.9 Å². The number of hydrogen-bond acceptors (Lipinski definition) is 4. The summed E-state index contributed by atoms with van der Waals surface area (Å²) < 4.78 is 15.6. The Morgan fingerprint density at radius 3 is 2.51 bits per heavy atom. The predicted octanol–water partition coefficient (Wildman–Crippen LogP) is 3.92. The number of imide groups is 1. The number of carbonyl (C=O) groups excluding carboxylic acids is 3. The molecule has 3 aliphatic rings. The van der Waals surface area contributed by atoms with Crippen molar-refractivity contribution in [3.63, 3.8) is 0 Å². The lowest BCUT2D eigenvalue weighted by Gasteiger charge is -2.32. The van der Waals surface area contributed by atoms with Crippen LogP contribution >= 0.6 is 0 Å². The molecule has 4 amide bonds. The summed E-state index contributed by atoms with van der Waals surface area (Å²) in [5.41, 5.74) is 11.4. The van der Waals surface area contributed by atoms with E-state index in [4.69, 9.17) is 5.73 Å². The van der Waals surface area contributed by atoms with Gasteiger partial charge in [-0.15, -0.1) is 0 Å². The van der Waals surface area contributed by atoms with Crippen molar-refractivity contribution in [2.24, 2.45) is 18.7 Å². The number of primary amides is 1. The Labute approximate surface area is 226 Å². The number of benzene rings is 2. The first-order valence-electron chi connectivity index (χ1n) is 13.6. The fourth-order valence-electron chi connectivity index (χ4n) is 6.29. The number of nitrogens with two attached hydrogens (primary N) is 1. The Morgan fingerprint density at radius 2 is 1.79 bits per heavy atom. The third-order valence-corrected chi connectivity index (χ3v) is 8.49. The van der Waals surface area contributed by atoms with E-state index in [9.17, 15) is 18.8 Å². The molecule has 8 nitrogen and oxygen atoms in total. The summed E-state index contributed by atoms with van der Waals surface area (Å²) in [6.07, 6.45) is 8.48. The molecule has 2 aromatic carbocycles. The molecule has 0 radical (unpaired) electrons. The molecule has 2 aliphatic carbocycles. The third-order valence-electron chi connectivity index (χ3n) is 8.49. The first-order valence-corrected chi connectivity index (χ1v) is 13.6. The highest BCUT2D eigenvalue weighted by Gasteiger charge is 2.41. The highest BCUT2D eigenvalue weighted by Crippen LogP contribution is 2.40. The van der Waals surface area contributed by atoms with Crippen molar-refractivity contribution in [2.75, 3.05) is 6.54 Å². The summed E-state index contributed by atoms with van der Waals surface area (Å²) in [5.74, 6) is -1.17. The van der Waals surface area contributed by atoms with E-state index in [0.29, 0.717) is 31.7 Å². The van der Waals surface area contributed by atoms with Gasteiger partial charge in [0.05, 0.1) is 12.1 Å². The first-order chi connectivity index (χ1) is 18.8. The Balaban J connectivity index is 1.22. The largest absolute Gasteiger partial charge is 0.351 e. The third kappa shape index (κ3) is 4.93. The summed E-state index contributed by atoms with van der Waals surface area (Å²) >= 11 is 0. The number of carbonyl (C=O) groups is 3. The van der Waals surface area contributed by atoms with Crippen LogP contribution in [0.2, 0.25) is 0 Å². The maximum Gasteiger partial charge on any atom is 0.321 e. The second-order valence-electron chi connectivity index (χ2n) is 11.0. The Morgan fingerprint density at radius 1 is 1.00 bits per heavy atom. The molecule has 0 bridgehead atoms. The van der Waals surface area contributed by atoms with E-state index >= 15 is 0 Å². The summed E-state index contributed by atoms with van der Waals surface area (Å²) in [7, 11) is 1.86. The van der Waals surface area contributed by atoms with Crippen molar-refractivity contribution in [2.45, 2.75) is 57.0 Å². The van der Waals surface area contributed by atoms with E-state index in [-0.39, 0.29) is 17.8 Å². The summed E-state index contributed by atoms with van der Waals surface area (Å²) in [6, 6.07) is 9.72. The normalized spacial score (nSPS) is 20.2. The van der Waals surface area contributed by atoms with Crippen LogP contribution in [0.5, 0.6) is 0 Å². The lowest BCUT2D eigenvalue weighted by Crippen LogP contribution is -2.51. The van der Waals surface area contributed by atoms with Crippen molar-refractivity contribution in [1.82, 2.24) is 19.6 Å². The minimum atomic E-state index is -0.922. The lowest BCUT2D eigenvalue weighted by atomic mass is 9.97. The number of rotatable bonds is 5. The molecule has 1 aromatic heterocycles. The summed E-state index contributed by atoms with van der Waals surface area (Å²) in [4.78, 5) is 42.6. The molecule has 2 N–H and O–H groups in total. The highest BCUT2D eigenvalue weighted by atomic mass is 19.1. The van der Waals surface area contributed by atoms with E-state index < -0.39 is 24.4 Å². The molecule has 0 spiro atoms. The second kappa shape index (κ2) is 9.94. The number of hydrogen-bond donors (Lipinski definition) is 1. The maximum absolute atomic E-state index is 13.9. The summed E-state index contributed by atoms with van der Waals surface area (Å²) in [5, 5.41) is 4.23. The SMILES string of the molecule is Cn1cc(-c2ccc3c(c2)CC[C@@H]3C(=O)N(CC(=O)N2Cc3ccc(F)cc3CC[C@@H]2C2CC2)C(N)=O)cn1. The number of nitrogens with zero attached hydrogens (tertiary/aromatic N) is 4. The van der Waals surface area contributed by atoms with Gasteiger partial charge in [-0.05, 0) is 84.4 Å². The number of halogens is 1.